The van der Waals surface area contributed by atoms with Gasteiger partial charge in [0.25, 0.3) is 5.78 Å². The highest BCUT2D eigenvalue weighted by atomic mass is 35.5. The van der Waals surface area contributed by atoms with Gasteiger partial charge in [0.05, 0.1) is 6.61 Å². The molecule has 0 saturated heterocycles. The molecule has 0 amide bonds. The highest BCUT2D eigenvalue weighted by molar-refractivity contribution is 6.43. The van der Waals surface area contributed by atoms with Crippen molar-refractivity contribution >= 4 is 34.1 Å². The first-order chi connectivity index (χ1) is 12.4. The Hall–Kier alpha value is -2.65. The minimum atomic E-state index is -0.836. The zero-order valence-electron chi connectivity index (χ0n) is 14.9. The van der Waals surface area contributed by atoms with Crippen LogP contribution in [0.1, 0.15) is 28.4 Å². The predicted octanol–water partition coefficient (Wildman–Crippen LogP) is 5.52. The molecule has 0 radical (unpaired) electrons. The van der Waals surface area contributed by atoms with E-state index in [4.69, 9.17) is 16.3 Å². The molecule has 0 atom stereocenters. The molecular weight excluding hydrogens is 348 g/mol. The second-order valence-electron chi connectivity index (χ2n) is 6.22. The summed E-state index contributed by atoms with van der Waals surface area (Å²) in [4.78, 5) is 25.0. The van der Waals surface area contributed by atoms with Gasteiger partial charge in [0.2, 0.25) is 0 Å². The molecule has 0 fully saturated rings. The smallest absolute Gasteiger partial charge is 0.379 e. The first-order valence-corrected chi connectivity index (χ1v) is 8.81. The molecule has 0 saturated carbocycles. The molecule has 0 aliphatic carbocycles. The third-order valence-corrected chi connectivity index (χ3v) is 4.57. The van der Waals surface area contributed by atoms with Gasteiger partial charge in [0, 0.05) is 16.1 Å². The Morgan fingerprint density at radius 2 is 1.69 bits per heavy atom. The van der Waals surface area contributed by atoms with E-state index >= 15 is 0 Å². The first-order valence-electron chi connectivity index (χ1n) is 8.43. The van der Waals surface area contributed by atoms with E-state index < -0.39 is 11.8 Å². The van der Waals surface area contributed by atoms with E-state index in [-0.39, 0.29) is 6.61 Å². The molecule has 0 bridgehead atoms. The summed E-state index contributed by atoms with van der Waals surface area (Å²) in [5.74, 6) is -1.46. The highest BCUT2D eigenvalue weighted by Gasteiger charge is 2.25. The number of esters is 1. The van der Waals surface area contributed by atoms with Crippen molar-refractivity contribution < 1.29 is 14.3 Å². The summed E-state index contributed by atoms with van der Waals surface area (Å²) in [5, 5.41) is 2.55. The zero-order valence-corrected chi connectivity index (χ0v) is 15.7. The van der Waals surface area contributed by atoms with Gasteiger partial charge in [-0.3, -0.25) is 4.79 Å². The Morgan fingerprint density at radius 3 is 2.35 bits per heavy atom. The largest absolute Gasteiger partial charge is 0.460 e. The van der Waals surface area contributed by atoms with Crippen molar-refractivity contribution in [3.8, 4) is 11.1 Å². The summed E-state index contributed by atoms with van der Waals surface area (Å²) >= 11 is 6.02. The molecule has 3 rings (SSSR count). The van der Waals surface area contributed by atoms with E-state index in [1.165, 1.54) is 0 Å². The van der Waals surface area contributed by atoms with E-state index in [0.717, 1.165) is 33.0 Å². The van der Waals surface area contributed by atoms with Crippen LogP contribution >= 0.6 is 11.6 Å². The average molecular weight is 367 g/mol. The van der Waals surface area contributed by atoms with E-state index in [0.29, 0.717) is 10.6 Å². The molecule has 0 aromatic heterocycles. The van der Waals surface area contributed by atoms with Crippen LogP contribution in [0.4, 0.5) is 0 Å². The van der Waals surface area contributed by atoms with Gasteiger partial charge in [-0.2, -0.15) is 0 Å². The van der Waals surface area contributed by atoms with Gasteiger partial charge in [0.1, 0.15) is 0 Å². The molecule has 0 aliphatic heterocycles. The van der Waals surface area contributed by atoms with Crippen molar-refractivity contribution in [2.75, 3.05) is 6.61 Å². The zero-order chi connectivity index (χ0) is 18.8. The number of rotatable bonds is 4. The normalized spacial score (nSPS) is 10.8. The second kappa shape index (κ2) is 7.30. The van der Waals surface area contributed by atoms with E-state index in [2.05, 4.69) is 6.07 Å². The number of carbonyl (C=O) groups is 2. The first kappa shape index (κ1) is 18.2. The van der Waals surface area contributed by atoms with Crippen LogP contribution in [-0.4, -0.2) is 18.4 Å². The second-order valence-corrected chi connectivity index (χ2v) is 6.66. The lowest BCUT2D eigenvalue weighted by Crippen LogP contribution is -2.19. The van der Waals surface area contributed by atoms with Crippen LogP contribution in [-0.2, 0) is 9.53 Å². The number of halogens is 1. The number of ether oxygens (including phenoxy) is 1. The highest BCUT2D eigenvalue weighted by Crippen LogP contribution is 2.36. The summed E-state index contributed by atoms with van der Waals surface area (Å²) in [6.07, 6.45) is 0. The van der Waals surface area contributed by atoms with Crippen LogP contribution in [0.15, 0.2) is 48.5 Å². The third kappa shape index (κ3) is 3.35. The number of fused-ring (bicyclic) bond motifs is 1. The Kier molecular flexibility index (Phi) is 5.10. The van der Waals surface area contributed by atoms with Crippen molar-refractivity contribution in [1.82, 2.24) is 0 Å². The van der Waals surface area contributed by atoms with E-state index in [1.807, 2.05) is 44.2 Å². The average Bonchev–Trinajstić information content (AvgIpc) is 2.61. The molecule has 26 heavy (non-hydrogen) atoms. The van der Waals surface area contributed by atoms with Gasteiger partial charge < -0.3 is 4.74 Å². The summed E-state index contributed by atoms with van der Waals surface area (Å²) in [7, 11) is 0. The number of Topliss-reactive ketones (excluding diaryl/α,β-unsaturated/α-hetero) is 1. The molecule has 0 spiro atoms. The lowest BCUT2D eigenvalue weighted by molar-refractivity contribution is -0.137. The van der Waals surface area contributed by atoms with Gasteiger partial charge >= 0.3 is 5.97 Å². The molecule has 3 nitrogen and oxygen atoms in total. The van der Waals surface area contributed by atoms with Crippen molar-refractivity contribution in [3.63, 3.8) is 0 Å². The maximum absolute atomic E-state index is 12.8. The Morgan fingerprint density at radius 1 is 1.00 bits per heavy atom. The topological polar surface area (TPSA) is 43.4 Å². The lowest BCUT2D eigenvalue weighted by Gasteiger charge is -2.16. The summed E-state index contributed by atoms with van der Waals surface area (Å²) < 4.78 is 4.94. The number of ketones is 1. The molecule has 0 unspecified atom stereocenters. The fourth-order valence-electron chi connectivity index (χ4n) is 3.17. The van der Waals surface area contributed by atoms with E-state index in [1.54, 1.807) is 19.1 Å². The quantitative estimate of drug-likeness (QED) is 0.346. The van der Waals surface area contributed by atoms with Crippen LogP contribution in [0, 0.1) is 13.8 Å². The molecule has 4 heteroatoms. The van der Waals surface area contributed by atoms with Crippen LogP contribution in [0.5, 0.6) is 0 Å². The Labute approximate surface area is 157 Å². The Bertz CT molecular complexity index is 1000. The number of aryl methyl sites for hydroxylation is 2. The summed E-state index contributed by atoms with van der Waals surface area (Å²) in [6.45, 7) is 5.70. The van der Waals surface area contributed by atoms with Gasteiger partial charge in [-0.05, 0) is 54.8 Å². The van der Waals surface area contributed by atoms with Gasteiger partial charge in [-0.25, -0.2) is 4.79 Å². The van der Waals surface area contributed by atoms with Crippen LogP contribution < -0.4 is 0 Å². The van der Waals surface area contributed by atoms with Gasteiger partial charge in [0.15, 0.2) is 0 Å². The molecule has 0 N–H and O–H groups in total. The van der Waals surface area contributed by atoms with E-state index in [9.17, 15) is 9.59 Å². The number of carbonyl (C=O) groups excluding carboxylic acids is 2. The molecule has 132 valence electrons. The lowest BCUT2D eigenvalue weighted by atomic mass is 9.87. The van der Waals surface area contributed by atoms with Crippen LogP contribution in [0.3, 0.4) is 0 Å². The van der Waals surface area contributed by atoms with Crippen LogP contribution in [0.2, 0.25) is 5.02 Å². The summed E-state index contributed by atoms with van der Waals surface area (Å²) in [6, 6.07) is 15.3. The maximum atomic E-state index is 12.8. The van der Waals surface area contributed by atoms with Crippen molar-refractivity contribution in [2.45, 2.75) is 20.8 Å². The fourth-order valence-corrected chi connectivity index (χ4v) is 3.30. The monoisotopic (exact) mass is 366 g/mol. The fraction of sp³-hybridized carbons (Fsp3) is 0.182. The third-order valence-electron chi connectivity index (χ3n) is 4.31. The van der Waals surface area contributed by atoms with Crippen molar-refractivity contribution in [3.05, 3.63) is 70.2 Å². The van der Waals surface area contributed by atoms with Gasteiger partial charge in [-0.1, -0.05) is 53.6 Å². The number of hydrogen-bond donors (Lipinski definition) is 0. The minimum absolute atomic E-state index is 0.159. The van der Waals surface area contributed by atoms with Crippen molar-refractivity contribution in [1.29, 1.82) is 0 Å². The molecule has 3 aromatic carbocycles. The summed E-state index contributed by atoms with van der Waals surface area (Å²) in [5.41, 5.74) is 3.81. The van der Waals surface area contributed by atoms with Gasteiger partial charge in [-0.15, -0.1) is 0 Å². The predicted molar refractivity (Wildman–Crippen MR) is 105 cm³/mol. The Balaban J connectivity index is 2.35. The van der Waals surface area contributed by atoms with Crippen molar-refractivity contribution in [2.24, 2.45) is 0 Å². The maximum Gasteiger partial charge on any atom is 0.379 e. The number of benzene rings is 3. The van der Waals surface area contributed by atoms with Crippen LogP contribution in [0.25, 0.3) is 21.9 Å². The molecule has 3 aromatic rings. The number of hydrogen-bond acceptors (Lipinski definition) is 3. The standard InChI is InChI=1S/C22H19ClO3/c1-4-26-22(25)21(24)19-14(3)12-16-11-13(2)5-10-18(16)20(19)15-6-8-17(23)9-7-15/h5-12H,4H2,1-3H3. The molecule has 0 heterocycles. The molecule has 0 aliphatic rings. The minimum Gasteiger partial charge on any atom is -0.460 e. The SMILES string of the molecule is CCOC(=O)C(=O)c1c(C)cc2cc(C)ccc2c1-c1ccc(Cl)cc1. The molecular formula is C22H19ClO3.